The molecule has 2 rings (SSSR count). The molecule has 1 saturated carbocycles. The largest absolute Gasteiger partial charge is 0.494 e. The van der Waals surface area contributed by atoms with Gasteiger partial charge in [-0.15, -0.1) is 0 Å². The maximum atomic E-state index is 5.42. The number of anilines is 1. The van der Waals surface area contributed by atoms with Gasteiger partial charge in [0.05, 0.1) is 6.61 Å². The molecule has 1 aromatic carbocycles. The summed E-state index contributed by atoms with van der Waals surface area (Å²) in [5.74, 6) is 1.75. The quantitative estimate of drug-likeness (QED) is 0.823. The number of ether oxygens (including phenoxy) is 1. The van der Waals surface area contributed by atoms with Crippen molar-refractivity contribution in [2.45, 2.75) is 45.6 Å². The Hall–Kier alpha value is -1.29. The van der Waals surface area contributed by atoms with Crippen LogP contribution in [0.15, 0.2) is 24.3 Å². The third kappa shape index (κ3) is 4.67. The van der Waals surface area contributed by atoms with Crippen molar-refractivity contribution in [3.8, 4) is 5.75 Å². The van der Waals surface area contributed by atoms with Gasteiger partial charge in [0.15, 0.2) is 5.11 Å². The first-order valence-electron chi connectivity index (χ1n) is 7.47. The Labute approximate surface area is 127 Å². The normalized spacial score (nSPS) is 22.1. The summed E-state index contributed by atoms with van der Waals surface area (Å²) in [5, 5.41) is 7.37. The smallest absolute Gasteiger partial charge is 0.170 e. The molecule has 1 aliphatic carbocycles. The van der Waals surface area contributed by atoms with Gasteiger partial charge in [-0.1, -0.05) is 6.92 Å². The lowest BCUT2D eigenvalue weighted by atomic mass is 9.87. The summed E-state index contributed by atoms with van der Waals surface area (Å²) in [5.41, 5.74) is 0.995. The zero-order valence-electron chi connectivity index (χ0n) is 12.3. The van der Waals surface area contributed by atoms with Crippen LogP contribution in [-0.4, -0.2) is 17.8 Å². The lowest BCUT2D eigenvalue weighted by Gasteiger charge is -2.28. The lowest BCUT2D eigenvalue weighted by molar-refractivity contribution is 0.332. The highest BCUT2D eigenvalue weighted by atomic mass is 32.1. The van der Waals surface area contributed by atoms with E-state index in [1.807, 2.05) is 31.2 Å². The van der Waals surface area contributed by atoms with E-state index in [1.54, 1.807) is 0 Å². The summed E-state index contributed by atoms with van der Waals surface area (Å²) in [4.78, 5) is 0. The fourth-order valence-corrected chi connectivity index (χ4v) is 2.84. The molecule has 0 radical (unpaired) electrons. The van der Waals surface area contributed by atoms with Crippen molar-refractivity contribution in [3.63, 3.8) is 0 Å². The second kappa shape index (κ2) is 7.48. The minimum Gasteiger partial charge on any atom is -0.494 e. The Morgan fingerprint density at radius 2 is 1.85 bits per heavy atom. The first-order chi connectivity index (χ1) is 9.67. The molecular formula is C16H24N2OS. The Morgan fingerprint density at radius 1 is 1.20 bits per heavy atom. The van der Waals surface area contributed by atoms with Crippen LogP contribution in [0.3, 0.4) is 0 Å². The van der Waals surface area contributed by atoms with E-state index in [2.05, 4.69) is 17.6 Å². The predicted octanol–water partition coefficient (Wildman–Crippen LogP) is 3.95. The molecule has 4 heteroatoms. The fraction of sp³-hybridized carbons (Fsp3) is 0.562. The molecule has 110 valence electrons. The van der Waals surface area contributed by atoms with Gasteiger partial charge in [0.25, 0.3) is 0 Å². The first kappa shape index (κ1) is 15.1. The van der Waals surface area contributed by atoms with Gasteiger partial charge in [-0.2, -0.15) is 0 Å². The van der Waals surface area contributed by atoms with Crippen molar-refractivity contribution in [2.24, 2.45) is 5.92 Å². The van der Waals surface area contributed by atoms with Crippen LogP contribution in [0.4, 0.5) is 5.69 Å². The van der Waals surface area contributed by atoms with Gasteiger partial charge >= 0.3 is 0 Å². The maximum Gasteiger partial charge on any atom is 0.170 e. The zero-order valence-corrected chi connectivity index (χ0v) is 13.1. The van der Waals surface area contributed by atoms with E-state index in [4.69, 9.17) is 17.0 Å². The minimum atomic E-state index is 0.522. The molecular weight excluding hydrogens is 268 g/mol. The Kier molecular flexibility index (Phi) is 5.65. The molecule has 0 saturated heterocycles. The second-order valence-electron chi connectivity index (χ2n) is 5.51. The second-order valence-corrected chi connectivity index (χ2v) is 5.92. The van der Waals surface area contributed by atoms with Gasteiger partial charge in [0.2, 0.25) is 0 Å². The van der Waals surface area contributed by atoms with Gasteiger partial charge in [-0.05, 0) is 75.0 Å². The van der Waals surface area contributed by atoms with Crippen LogP contribution in [-0.2, 0) is 0 Å². The van der Waals surface area contributed by atoms with E-state index in [-0.39, 0.29) is 0 Å². The highest BCUT2D eigenvalue weighted by molar-refractivity contribution is 7.80. The molecule has 20 heavy (non-hydrogen) atoms. The predicted molar refractivity (Wildman–Crippen MR) is 88.4 cm³/mol. The first-order valence-corrected chi connectivity index (χ1v) is 7.88. The van der Waals surface area contributed by atoms with Crippen molar-refractivity contribution >= 4 is 23.0 Å². The molecule has 0 amide bonds. The molecule has 0 spiro atoms. The van der Waals surface area contributed by atoms with Crippen molar-refractivity contribution in [1.82, 2.24) is 5.32 Å². The molecule has 0 aliphatic heterocycles. The number of hydrogen-bond acceptors (Lipinski definition) is 2. The summed E-state index contributed by atoms with van der Waals surface area (Å²) >= 11 is 5.38. The topological polar surface area (TPSA) is 33.3 Å². The van der Waals surface area contributed by atoms with Gasteiger partial charge in [-0.25, -0.2) is 0 Å². The molecule has 1 fully saturated rings. The standard InChI is InChI=1S/C16H24N2OS/c1-3-19-15-10-8-14(9-11-15)18-16(20)17-13-6-4-12(2)5-7-13/h8-13H,3-7H2,1-2H3,(H2,17,18,20). The van der Waals surface area contributed by atoms with Crippen LogP contribution in [0.2, 0.25) is 0 Å². The van der Waals surface area contributed by atoms with Crippen LogP contribution >= 0.6 is 12.2 Å². The van der Waals surface area contributed by atoms with Crippen LogP contribution in [0.25, 0.3) is 0 Å². The van der Waals surface area contributed by atoms with E-state index < -0.39 is 0 Å². The summed E-state index contributed by atoms with van der Waals surface area (Å²) < 4.78 is 5.42. The average Bonchev–Trinajstić information content (AvgIpc) is 2.44. The van der Waals surface area contributed by atoms with Gasteiger partial charge < -0.3 is 15.4 Å². The van der Waals surface area contributed by atoms with Crippen LogP contribution in [0, 0.1) is 5.92 Å². The molecule has 0 aromatic heterocycles. The van der Waals surface area contributed by atoms with Gasteiger partial charge in [-0.3, -0.25) is 0 Å². The minimum absolute atomic E-state index is 0.522. The summed E-state index contributed by atoms with van der Waals surface area (Å²) in [6, 6.07) is 8.41. The van der Waals surface area contributed by atoms with E-state index in [0.717, 1.165) is 17.4 Å². The number of hydrogen-bond donors (Lipinski definition) is 2. The molecule has 0 unspecified atom stereocenters. The molecule has 0 bridgehead atoms. The maximum absolute atomic E-state index is 5.42. The summed E-state index contributed by atoms with van der Waals surface area (Å²) in [6.45, 7) is 5.00. The third-order valence-electron chi connectivity index (χ3n) is 3.77. The molecule has 2 N–H and O–H groups in total. The van der Waals surface area contributed by atoms with Gasteiger partial charge in [0, 0.05) is 11.7 Å². The van der Waals surface area contributed by atoms with Crippen LogP contribution < -0.4 is 15.4 Å². The van der Waals surface area contributed by atoms with Crippen molar-refractivity contribution in [2.75, 3.05) is 11.9 Å². The molecule has 0 heterocycles. The van der Waals surface area contributed by atoms with E-state index >= 15 is 0 Å². The fourth-order valence-electron chi connectivity index (χ4n) is 2.56. The lowest BCUT2D eigenvalue weighted by Crippen LogP contribution is -2.39. The van der Waals surface area contributed by atoms with E-state index in [9.17, 15) is 0 Å². The van der Waals surface area contributed by atoms with Crippen LogP contribution in [0.5, 0.6) is 5.75 Å². The number of nitrogens with one attached hydrogen (secondary N) is 2. The van der Waals surface area contributed by atoms with Crippen molar-refractivity contribution in [1.29, 1.82) is 0 Å². The van der Waals surface area contributed by atoms with E-state index in [1.165, 1.54) is 25.7 Å². The number of rotatable bonds is 4. The zero-order chi connectivity index (χ0) is 14.4. The number of thiocarbonyl (C=S) groups is 1. The molecule has 0 atom stereocenters. The van der Waals surface area contributed by atoms with E-state index in [0.29, 0.717) is 17.8 Å². The molecule has 1 aromatic rings. The summed E-state index contributed by atoms with van der Waals surface area (Å²) in [7, 11) is 0. The molecule has 3 nitrogen and oxygen atoms in total. The highest BCUT2D eigenvalue weighted by Gasteiger charge is 2.18. The van der Waals surface area contributed by atoms with Gasteiger partial charge in [0.1, 0.15) is 5.75 Å². The summed E-state index contributed by atoms with van der Waals surface area (Å²) in [6.07, 6.45) is 5.02. The number of benzene rings is 1. The van der Waals surface area contributed by atoms with Crippen molar-refractivity contribution < 1.29 is 4.74 Å². The third-order valence-corrected chi connectivity index (χ3v) is 3.99. The van der Waals surface area contributed by atoms with Crippen LogP contribution in [0.1, 0.15) is 39.5 Å². The van der Waals surface area contributed by atoms with Crippen molar-refractivity contribution in [3.05, 3.63) is 24.3 Å². The Morgan fingerprint density at radius 3 is 2.45 bits per heavy atom. The Bertz CT molecular complexity index is 425. The monoisotopic (exact) mass is 292 g/mol. The Balaban J connectivity index is 1.79. The SMILES string of the molecule is CCOc1ccc(NC(=S)NC2CCC(C)CC2)cc1. The molecule has 1 aliphatic rings. The highest BCUT2D eigenvalue weighted by Crippen LogP contribution is 2.23. The average molecular weight is 292 g/mol.